The monoisotopic (exact) mass is 599 g/mol. The SMILES string of the molecule is O=C(Cn1c(=O)n(Cc2ccc3c(c2)OCO3)c(=O)c2ccc(C(=O)NC3CCCCC3)cc21)Nc1cccc([N+](=O)[O-])c1. The Labute approximate surface area is 250 Å². The summed E-state index contributed by atoms with van der Waals surface area (Å²) in [5.74, 6) is 0.0538. The highest BCUT2D eigenvalue weighted by Crippen LogP contribution is 2.32. The lowest BCUT2D eigenvalue weighted by atomic mass is 9.95. The van der Waals surface area contributed by atoms with Gasteiger partial charge in [-0.15, -0.1) is 0 Å². The molecule has 0 bridgehead atoms. The van der Waals surface area contributed by atoms with E-state index in [0.29, 0.717) is 17.1 Å². The van der Waals surface area contributed by atoms with Crippen LogP contribution in [0.25, 0.3) is 10.9 Å². The zero-order valence-electron chi connectivity index (χ0n) is 23.6. The molecule has 13 nitrogen and oxygen atoms in total. The lowest BCUT2D eigenvalue weighted by molar-refractivity contribution is -0.384. The molecule has 1 fully saturated rings. The Hall–Kier alpha value is -5.46. The summed E-state index contributed by atoms with van der Waals surface area (Å²) in [6.07, 6.45) is 4.96. The first-order chi connectivity index (χ1) is 21.3. The maximum atomic E-state index is 13.9. The molecule has 2 N–H and O–H groups in total. The summed E-state index contributed by atoms with van der Waals surface area (Å²) in [7, 11) is 0. The van der Waals surface area contributed by atoms with Crippen molar-refractivity contribution in [1.82, 2.24) is 14.5 Å². The first-order valence-electron chi connectivity index (χ1n) is 14.3. The third-order valence-electron chi connectivity index (χ3n) is 7.85. The quantitative estimate of drug-likeness (QED) is 0.229. The Balaban J connectivity index is 1.38. The Morgan fingerprint density at radius 3 is 2.52 bits per heavy atom. The van der Waals surface area contributed by atoms with Crippen LogP contribution in [0.4, 0.5) is 11.4 Å². The lowest BCUT2D eigenvalue weighted by Gasteiger charge is -2.23. The number of rotatable bonds is 8. The fourth-order valence-corrected chi connectivity index (χ4v) is 5.63. The molecule has 0 unspecified atom stereocenters. The van der Waals surface area contributed by atoms with Gasteiger partial charge in [-0.05, 0) is 54.8 Å². The smallest absolute Gasteiger partial charge is 0.332 e. The van der Waals surface area contributed by atoms with Crippen molar-refractivity contribution >= 4 is 34.1 Å². The van der Waals surface area contributed by atoms with Crippen LogP contribution in [-0.2, 0) is 17.9 Å². The van der Waals surface area contributed by atoms with Crippen molar-refractivity contribution in [3.63, 3.8) is 0 Å². The van der Waals surface area contributed by atoms with E-state index >= 15 is 0 Å². The van der Waals surface area contributed by atoms with Gasteiger partial charge in [0.2, 0.25) is 12.7 Å². The molecule has 0 saturated heterocycles. The number of hydrogen-bond donors (Lipinski definition) is 2. The molecule has 3 aromatic carbocycles. The van der Waals surface area contributed by atoms with Crippen molar-refractivity contribution in [2.75, 3.05) is 12.1 Å². The fourth-order valence-electron chi connectivity index (χ4n) is 5.63. The highest BCUT2D eigenvalue weighted by Gasteiger charge is 2.21. The second kappa shape index (κ2) is 12.0. The van der Waals surface area contributed by atoms with Crippen LogP contribution in [0.1, 0.15) is 48.0 Å². The fraction of sp³-hybridized carbons (Fsp3) is 0.290. The number of benzene rings is 3. The number of hydrogen-bond acceptors (Lipinski definition) is 8. The molecule has 2 heterocycles. The van der Waals surface area contributed by atoms with Crippen LogP contribution in [0.3, 0.4) is 0 Å². The van der Waals surface area contributed by atoms with Crippen molar-refractivity contribution in [2.24, 2.45) is 0 Å². The Bertz CT molecular complexity index is 1910. The lowest BCUT2D eigenvalue weighted by Crippen LogP contribution is -2.42. The summed E-state index contributed by atoms with van der Waals surface area (Å²) in [6.45, 7) is -0.564. The molecule has 2 aliphatic rings. The van der Waals surface area contributed by atoms with Gasteiger partial charge in [0.1, 0.15) is 6.54 Å². The summed E-state index contributed by atoms with van der Waals surface area (Å²) in [6, 6.07) is 15.0. The predicted molar refractivity (Wildman–Crippen MR) is 160 cm³/mol. The van der Waals surface area contributed by atoms with Gasteiger partial charge in [-0.1, -0.05) is 31.4 Å². The van der Waals surface area contributed by atoms with Crippen LogP contribution in [0.15, 0.2) is 70.3 Å². The van der Waals surface area contributed by atoms with E-state index in [-0.39, 0.29) is 53.1 Å². The molecule has 226 valence electrons. The average Bonchev–Trinajstić information content (AvgIpc) is 3.50. The Morgan fingerprint density at radius 2 is 1.73 bits per heavy atom. The number of aromatic nitrogens is 2. The van der Waals surface area contributed by atoms with Gasteiger partial charge in [-0.2, -0.15) is 0 Å². The van der Waals surface area contributed by atoms with E-state index in [4.69, 9.17) is 9.47 Å². The van der Waals surface area contributed by atoms with Gasteiger partial charge in [0.15, 0.2) is 11.5 Å². The molecular weight excluding hydrogens is 570 g/mol. The molecule has 1 aliphatic carbocycles. The predicted octanol–water partition coefficient (Wildman–Crippen LogP) is 3.55. The number of nitro benzene ring substituents is 1. The van der Waals surface area contributed by atoms with Crippen LogP contribution in [0.5, 0.6) is 11.5 Å². The minimum absolute atomic E-state index is 0.0459. The molecule has 1 aliphatic heterocycles. The summed E-state index contributed by atoms with van der Waals surface area (Å²) in [5, 5.41) is 16.9. The molecule has 1 aromatic heterocycles. The molecule has 0 radical (unpaired) electrons. The standard InChI is InChI=1S/C31H29N5O8/c37-28(32-22-7-4-8-23(15-22)36(41)42)17-34-25-14-20(29(38)33-21-5-2-1-3-6-21)10-11-24(25)30(39)35(31(34)40)16-19-9-12-26-27(13-19)44-18-43-26/h4,7-15,21H,1-3,5-6,16-18H2,(H,32,37)(H,33,38). The summed E-state index contributed by atoms with van der Waals surface area (Å²) < 4.78 is 12.9. The van der Waals surface area contributed by atoms with Crippen LogP contribution in [0, 0.1) is 10.1 Å². The maximum Gasteiger partial charge on any atom is 0.332 e. The number of non-ortho nitro benzene ring substituents is 1. The third kappa shape index (κ3) is 5.89. The molecule has 6 rings (SSSR count). The zero-order valence-corrected chi connectivity index (χ0v) is 23.6. The first kappa shape index (κ1) is 28.6. The van der Waals surface area contributed by atoms with Gasteiger partial charge in [-0.25, -0.2) is 4.79 Å². The number of carbonyl (C=O) groups excluding carboxylic acids is 2. The Kier molecular flexibility index (Phi) is 7.84. The molecule has 4 aromatic rings. The minimum atomic E-state index is -0.765. The number of nitrogens with one attached hydrogen (secondary N) is 2. The van der Waals surface area contributed by atoms with Crippen LogP contribution in [0.2, 0.25) is 0 Å². The van der Waals surface area contributed by atoms with Gasteiger partial charge in [0, 0.05) is 29.4 Å². The van der Waals surface area contributed by atoms with Gasteiger partial charge in [0.25, 0.3) is 17.2 Å². The largest absolute Gasteiger partial charge is 0.454 e. The number of nitro groups is 1. The van der Waals surface area contributed by atoms with Gasteiger partial charge in [0.05, 0.1) is 22.4 Å². The van der Waals surface area contributed by atoms with Crippen molar-refractivity contribution in [2.45, 2.75) is 51.2 Å². The summed E-state index contributed by atoms with van der Waals surface area (Å²) in [4.78, 5) is 64.5. The maximum absolute atomic E-state index is 13.9. The number of nitrogens with zero attached hydrogens (tertiary/aromatic N) is 3. The normalized spacial score (nSPS) is 14.4. The van der Waals surface area contributed by atoms with Crippen molar-refractivity contribution in [3.05, 3.63) is 103 Å². The number of ether oxygens (including phenoxy) is 2. The third-order valence-corrected chi connectivity index (χ3v) is 7.85. The first-order valence-corrected chi connectivity index (χ1v) is 14.3. The van der Waals surface area contributed by atoms with Gasteiger partial charge >= 0.3 is 5.69 Å². The number of amides is 2. The second-order valence-electron chi connectivity index (χ2n) is 10.8. The molecule has 0 atom stereocenters. The molecule has 13 heteroatoms. The molecule has 1 saturated carbocycles. The van der Waals surface area contributed by atoms with Crippen LogP contribution >= 0.6 is 0 Å². The van der Waals surface area contributed by atoms with Crippen molar-refractivity contribution < 1.29 is 24.0 Å². The summed E-state index contributed by atoms with van der Waals surface area (Å²) >= 11 is 0. The number of carbonyl (C=O) groups is 2. The van der Waals surface area contributed by atoms with E-state index in [0.717, 1.165) is 41.2 Å². The molecular formula is C31H29N5O8. The molecule has 2 amide bonds. The minimum Gasteiger partial charge on any atom is -0.454 e. The van der Waals surface area contributed by atoms with E-state index in [2.05, 4.69) is 10.6 Å². The molecule has 0 spiro atoms. The van der Waals surface area contributed by atoms with E-state index in [1.807, 2.05) is 0 Å². The van der Waals surface area contributed by atoms with Crippen molar-refractivity contribution in [1.29, 1.82) is 0 Å². The van der Waals surface area contributed by atoms with Gasteiger partial charge in [-0.3, -0.25) is 33.6 Å². The van der Waals surface area contributed by atoms with E-state index in [1.165, 1.54) is 42.5 Å². The highest BCUT2D eigenvalue weighted by atomic mass is 16.7. The van der Waals surface area contributed by atoms with Crippen LogP contribution < -0.4 is 31.4 Å². The number of fused-ring (bicyclic) bond motifs is 2. The topological polar surface area (TPSA) is 164 Å². The second-order valence-corrected chi connectivity index (χ2v) is 10.8. The van der Waals surface area contributed by atoms with E-state index < -0.39 is 28.6 Å². The van der Waals surface area contributed by atoms with Gasteiger partial charge < -0.3 is 20.1 Å². The highest BCUT2D eigenvalue weighted by molar-refractivity contribution is 5.98. The van der Waals surface area contributed by atoms with Crippen molar-refractivity contribution in [3.8, 4) is 11.5 Å². The number of anilines is 1. The average molecular weight is 600 g/mol. The van der Waals surface area contributed by atoms with E-state index in [1.54, 1.807) is 18.2 Å². The zero-order chi connectivity index (χ0) is 30.8. The van der Waals surface area contributed by atoms with Crippen LogP contribution in [-0.4, -0.2) is 38.7 Å². The Morgan fingerprint density at radius 1 is 0.932 bits per heavy atom. The summed E-state index contributed by atoms with van der Waals surface area (Å²) in [5.41, 5.74) is -0.421. The van der Waals surface area contributed by atoms with E-state index in [9.17, 15) is 29.3 Å². The molecule has 44 heavy (non-hydrogen) atoms.